The number of benzene rings is 1. The van der Waals surface area contributed by atoms with Gasteiger partial charge in [-0.25, -0.2) is 0 Å². The summed E-state index contributed by atoms with van der Waals surface area (Å²) in [5.74, 6) is -0.116. The molecule has 0 saturated heterocycles. The Hall–Kier alpha value is -1.43. The molecule has 0 fully saturated rings. The summed E-state index contributed by atoms with van der Waals surface area (Å²) in [6.45, 7) is 1.62. The summed E-state index contributed by atoms with van der Waals surface area (Å²) in [5.41, 5.74) is 18.9. The first-order chi connectivity index (χ1) is 9.17. The zero-order valence-electron chi connectivity index (χ0n) is 11.3. The van der Waals surface area contributed by atoms with Crippen LogP contribution in [0.5, 0.6) is 0 Å². The number of carbonyl (C=O) groups is 1. The highest BCUT2D eigenvalue weighted by atomic mass is 16.2. The van der Waals surface area contributed by atoms with Crippen molar-refractivity contribution in [2.45, 2.75) is 38.4 Å². The second-order valence-corrected chi connectivity index (χ2v) is 4.63. The summed E-state index contributed by atoms with van der Waals surface area (Å²) < 4.78 is 0. The van der Waals surface area contributed by atoms with E-state index in [1.807, 2.05) is 24.3 Å². The van der Waals surface area contributed by atoms with Crippen LogP contribution in [0.15, 0.2) is 24.3 Å². The van der Waals surface area contributed by atoms with Gasteiger partial charge in [0.2, 0.25) is 5.91 Å². The third-order valence-electron chi connectivity index (χ3n) is 3.00. The molecule has 1 rings (SSSR count). The van der Waals surface area contributed by atoms with E-state index >= 15 is 0 Å². The van der Waals surface area contributed by atoms with Gasteiger partial charge < -0.3 is 22.5 Å². The molecule has 5 heteroatoms. The van der Waals surface area contributed by atoms with Crippen molar-refractivity contribution in [3.05, 3.63) is 35.4 Å². The summed E-state index contributed by atoms with van der Waals surface area (Å²) in [6.07, 6.45) is 2.46. The number of unbranched alkanes of at least 4 members (excludes halogenated alkanes) is 1. The van der Waals surface area contributed by atoms with Gasteiger partial charge in [-0.15, -0.1) is 0 Å². The summed E-state index contributed by atoms with van der Waals surface area (Å²) in [4.78, 5) is 11.8. The van der Waals surface area contributed by atoms with Crippen LogP contribution in [0.25, 0.3) is 0 Å². The van der Waals surface area contributed by atoms with Gasteiger partial charge in [-0.1, -0.05) is 30.7 Å². The molecule has 0 bridgehead atoms. The normalized spacial score (nSPS) is 12.2. The number of rotatable bonds is 8. The molecule has 0 heterocycles. The second kappa shape index (κ2) is 8.63. The zero-order valence-corrected chi connectivity index (χ0v) is 11.3. The van der Waals surface area contributed by atoms with Crippen molar-refractivity contribution in [2.24, 2.45) is 17.2 Å². The lowest BCUT2D eigenvalue weighted by molar-refractivity contribution is -0.122. The van der Waals surface area contributed by atoms with Crippen molar-refractivity contribution < 1.29 is 4.79 Å². The van der Waals surface area contributed by atoms with Crippen LogP contribution >= 0.6 is 0 Å². The van der Waals surface area contributed by atoms with E-state index in [0.29, 0.717) is 26.1 Å². The number of amides is 1. The van der Waals surface area contributed by atoms with Gasteiger partial charge in [0.15, 0.2) is 0 Å². The van der Waals surface area contributed by atoms with Crippen LogP contribution < -0.4 is 22.5 Å². The average Bonchev–Trinajstić information content (AvgIpc) is 2.45. The van der Waals surface area contributed by atoms with Crippen LogP contribution in [0, 0.1) is 0 Å². The van der Waals surface area contributed by atoms with Crippen molar-refractivity contribution >= 4 is 5.91 Å². The van der Waals surface area contributed by atoms with Gasteiger partial charge in [0.1, 0.15) is 0 Å². The second-order valence-electron chi connectivity index (χ2n) is 4.63. The number of hydrogen-bond acceptors (Lipinski definition) is 4. The van der Waals surface area contributed by atoms with Crippen LogP contribution in [0.3, 0.4) is 0 Å². The first-order valence-electron chi connectivity index (χ1n) is 6.68. The van der Waals surface area contributed by atoms with E-state index in [1.54, 1.807) is 0 Å². The van der Waals surface area contributed by atoms with Gasteiger partial charge in [-0.2, -0.15) is 0 Å². The fourth-order valence-corrected chi connectivity index (χ4v) is 1.83. The topological polar surface area (TPSA) is 107 Å². The first-order valence-corrected chi connectivity index (χ1v) is 6.68. The van der Waals surface area contributed by atoms with E-state index in [1.165, 1.54) is 0 Å². The van der Waals surface area contributed by atoms with Crippen molar-refractivity contribution in [3.8, 4) is 0 Å². The molecule has 0 aromatic heterocycles. The SMILES string of the molecule is NCCCC[C@H](N)C(=O)NCc1cccc(CN)c1. The molecule has 0 aliphatic rings. The Labute approximate surface area is 114 Å². The molecule has 5 nitrogen and oxygen atoms in total. The molecule has 1 amide bonds. The Morgan fingerprint density at radius 1 is 1.21 bits per heavy atom. The maximum absolute atomic E-state index is 11.8. The van der Waals surface area contributed by atoms with Crippen molar-refractivity contribution in [1.82, 2.24) is 5.32 Å². The van der Waals surface area contributed by atoms with E-state index < -0.39 is 6.04 Å². The van der Waals surface area contributed by atoms with Gasteiger partial charge in [0.05, 0.1) is 6.04 Å². The predicted molar refractivity (Wildman–Crippen MR) is 77.1 cm³/mol. The molecule has 0 radical (unpaired) electrons. The monoisotopic (exact) mass is 264 g/mol. The van der Waals surface area contributed by atoms with Gasteiger partial charge in [0, 0.05) is 13.1 Å². The summed E-state index contributed by atoms with van der Waals surface area (Å²) in [5, 5.41) is 2.84. The van der Waals surface area contributed by atoms with E-state index in [9.17, 15) is 4.79 Å². The molecule has 0 aliphatic carbocycles. The van der Waals surface area contributed by atoms with Gasteiger partial charge >= 0.3 is 0 Å². The third-order valence-corrected chi connectivity index (χ3v) is 3.00. The largest absolute Gasteiger partial charge is 0.351 e. The average molecular weight is 264 g/mol. The highest BCUT2D eigenvalue weighted by Crippen LogP contribution is 2.05. The van der Waals surface area contributed by atoms with Crippen molar-refractivity contribution in [1.29, 1.82) is 0 Å². The summed E-state index contributed by atoms with van der Waals surface area (Å²) >= 11 is 0. The van der Waals surface area contributed by atoms with E-state index in [0.717, 1.165) is 24.0 Å². The lowest BCUT2D eigenvalue weighted by Gasteiger charge is -2.12. The van der Waals surface area contributed by atoms with Crippen LogP contribution in [0.2, 0.25) is 0 Å². The molecule has 0 unspecified atom stereocenters. The Morgan fingerprint density at radius 2 is 1.95 bits per heavy atom. The molecule has 19 heavy (non-hydrogen) atoms. The minimum absolute atomic E-state index is 0.116. The van der Waals surface area contributed by atoms with Crippen LogP contribution in [0.1, 0.15) is 30.4 Å². The van der Waals surface area contributed by atoms with E-state index in [4.69, 9.17) is 17.2 Å². The highest BCUT2D eigenvalue weighted by molar-refractivity contribution is 5.81. The van der Waals surface area contributed by atoms with Gasteiger partial charge in [-0.05, 0) is 30.5 Å². The standard InChI is InChI=1S/C14H24N4O/c15-7-2-1-6-13(17)14(19)18-10-12-5-3-4-11(8-12)9-16/h3-5,8,13H,1-2,6-7,9-10,15-17H2,(H,18,19)/t13-/m0/s1. The molecule has 0 aliphatic heterocycles. The highest BCUT2D eigenvalue weighted by Gasteiger charge is 2.12. The number of carbonyl (C=O) groups excluding carboxylic acids is 1. The fourth-order valence-electron chi connectivity index (χ4n) is 1.83. The van der Waals surface area contributed by atoms with E-state index in [2.05, 4.69) is 5.32 Å². The van der Waals surface area contributed by atoms with Crippen LogP contribution in [-0.4, -0.2) is 18.5 Å². The Balaban J connectivity index is 2.36. The Morgan fingerprint density at radius 3 is 2.63 bits per heavy atom. The minimum atomic E-state index is -0.454. The predicted octanol–water partition coefficient (Wildman–Crippen LogP) is 0.218. The molecule has 106 valence electrons. The minimum Gasteiger partial charge on any atom is -0.351 e. The van der Waals surface area contributed by atoms with Gasteiger partial charge in [0.25, 0.3) is 0 Å². The maximum atomic E-state index is 11.8. The molecular formula is C14H24N4O. The third kappa shape index (κ3) is 5.83. The number of nitrogens with two attached hydrogens (primary N) is 3. The Kier molecular flexibility index (Phi) is 7.10. The summed E-state index contributed by atoms with van der Waals surface area (Å²) in [6, 6.07) is 7.39. The van der Waals surface area contributed by atoms with Crippen molar-refractivity contribution in [3.63, 3.8) is 0 Å². The first kappa shape index (κ1) is 15.6. The molecule has 0 saturated carbocycles. The smallest absolute Gasteiger partial charge is 0.237 e. The molecular weight excluding hydrogens is 240 g/mol. The maximum Gasteiger partial charge on any atom is 0.237 e. The lowest BCUT2D eigenvalue weighted by Crippen LogP contribution is -2.40. The van der Waals surface area contributed by atoms with Crippen molar-refractivity contribution in [2.75, 3.05) is 6.54 Å². The quantitative estimate of drug-likeness (QED) is 0.504. The Bertz CT molecular complexity index is 395. The molecule has 0 spiro atoms. The molecule has 1 aromatic carbocycles. The van der Waals surface area contributed by atoms with Crippen LogP contribution in [0.4, 0.5) is 0 Å². The number of hydrogen-bond donors (Lipinski definition) is 4. The van der Waals surface area contributed by atoms with Gasteiger partial charge in [-0.3, -0.25) is 4.79 Å². The summed E-state index contributed by atoms with van der Waals surface area (Å²) in [7, 11) is 0. The zero-order chi connectivity index (χ0) is 14.1. The molecule has 1 aromatic rings. The lowest BCUT2D eigenvalue weighted by atomic mass is 10.1. The number of nitrogens with one attached hydrogen (secondary N) is 1. The van der Waals surface area contributed by atoms with Crippen LogP contribution in [-0.2, 0) is 17.9 Å². The fraction of sp³-hybridized carbons (Fsp3) is 0.500. The molecule has 1 atom stereocenters. The van der Waals surface area contributed by atoms with E-state index in [-0.39, 0.29) is 5.91 Å². The molecule has 7 N–H and O–H groups in total.